The topological polar surface area (TPSA) is 6.48 Å². The molecule has 126 valence electrons. The van der Waals surface area contributed by atoms with Gasteiger partial charge in [0.05, 0.1) is 5.69 Å². The van der Waals surface area contributed by atoms with Gasteiger partial charge in [-0.15, -0.1) is 13.2 Å². The molecule has 0 aliphatic carbocycles. The summed E-state index contributed by atoms with van der Waals surface area (Å²) in [5, 5.41) is 4.99. The summed E-state index contributed by atoms with van der Waals surface area (Å²) in [5.41, 5.74) is 2.86. The second kappa shape index (κ2) is 9.57. The van der Waals surface area contributed by atoms with Crippen molar-refractivity contribution in [3.63, 3.8) is 0 Å². The summed E-state index contributed by atoms with van der Waals surface area (Å²) in [4.78, 5) is 0. The first kappa shape index (κ1) is 17.8. The van der Waals surface area contributed by atoms with E-state index >= 15 is 0 Å². The molecule has 0 N–H and O–H groups in total. The lowest BCUT2D eigenvalue weighted by Gasteiger charge is -2.40. The molecule has 2 heteroatoms. The Bertz CT molecular complexity index is 494. The number of allylic oxidation sites excluding steroid dienone is 1. The van der Waals surface area contributed by atoms with Gasteiger partial charge in [0.15, 0.2) is 0 Å². The minimum absolute atomic E-state index is 0.693. The maximum atomic E-state index is 3.97. The Balaban J connectivity index is 2.29. The Kier molecular flexibility index (Phi) is 7.41. The van der Waals surface area contributed by atoms with E-state index in [0.29, 0.717) is 5.92 Å². The van der Waals surface area contributed by atoms with Gasteiger partial charge in [-0.2, -0.15) is 0 Å². The third-order valence-corrected chi connectivity index (χ3v) is 4.73. The van der Waals surface area contributed by atoms with Gasteiger partial charge in [0.25, 0.3) is 0 Å². The zero-order valence-electron chi connectivity index (χ0n) is 14.7. The molecule has 0 bridgehead atoms. The second-order valence-electron chi connectivity index (χ2n) is 6.54. The summed E-state index contributed by atoms with van der Waals surface area (Å²) in [7, 11) is 0. The average molecular weight is 313 g/mol. The van der Waals surface area contributed by atoms with Crippen molar-refractivity contribution < 1.29 is 0 Å². The minimum atomic E-state index is 0.693. The van der Waals surface area contributed by atoms with Gasteiger partial charge in [-0.25, -0.2) is 5.01 Å². The molecule has 0 fully saturated rings. The Labute approximate surface area is 142 Å². The molecule has 1 aromatic rings. The molecule has 1 unspecified atom stereocenters. The molecule has 23 heavy (non-hydrogen) atoms. The molecule has 0 saturated heterocycles. The molecule has 1 aliphatic rings. The number of hydrogen-bond donors (Lipinski definition) is 0. The highest BCUT2D eigenvalue weighted by Crippen LogP contribution is 2.30. The SMILES string of the molecule is C=CCC1CCN(CC=C)N(CCCCC)c2ccccc2C1. The third-order valence-electron chi connectivity index (χ3n) is 4.73. The predicted molar refractivity (Wildman–Crippen MR) is 102 cm³/mol. The third kappa shape index (κ3) is 4.97. The van der Waals surface area contributed by atoms with Gasteiger partial charge in [0, 0.05) is 19.6 Å². The molecular weight excluding hydrogens is 280 g/mol. The largest absolute Gasteiger partial charge is 0.305 e. The fourth-order valence-corrected chi connectivity index (χ4v) is 3.50. The van der Waals surface area contributed by atoms with Crippen molar-refractivity contribution in [2.75, 3.05) is 24.6 Å². The molecular formula is C21H32N2. The second-order valence-corrected chi connectivity index (χ2v) is 6.54. The summed E-state index contributed by atoms with van der Waals surface area (Å²) >= 11 is 0. The van der Waals surface area contributed by atoms with Crippen LogP contribution in [0.1, 0.15) is 44.6 Å². The Morgan fingerprint density at radius 3 is 2.74 bits per heavy atom. The Morgan fingerprint density at radius 1 is 1.17 bits per heavy atom. The molecule has 2 nitrogen and oxygen atoms in total. The van der Waals surface area contributed by atoms with E-state index in [1.165, 1.54) is 36.9 Å². The minimum Gasteiger partial charge on any atom is -0.305 e. The molecule has 0 radical (unpaired) electrons. The van der Waals surface area contributed by atoms with Gasteiger partial charge in [0.2, 0.25) is 0 Å². The van der Waals surface area contributed by atoms with Crippen molar-refractivity contribution in [1.82, 2.24) is 5.01 Å². The van der Waals surface area contributed by atoms with Crippen molar-refractivity contribution in [3.05, 3.63) is 55.1 Å². The van der Waals surface area contributed by atoms with Gasteiger partial charge >= 0.3 is 0 Å². The molecule has 0 amide bonds. The van der Waals surface area contributed by atoms with E-state index in [0.717, 1.165) is 32.5 Å². The van der Waals surface area contributed by atoms with Gasteiger partial charge in [0.1, 0.15) is 0 Å². The molecule has 0 aromatic heterocycles. The van der Waals surface area contributed by atoms with Crippen LogP contribution in [0, 0.1) is 5.92 Å². The van der Waals surface area contributed by atoms with E-state index in [9.17, 15) is 0 Å². The number of rotatable bonds is 8. The van der Waals surface area contributed by atoms with Crippen LogP contribution in [0.2, 0.25) is 0 Å². The van der Waals surface area contributed by atoms with Crippen molar-refractivity contribution >= 4 is 5.69 Å². The standard InChI is InChI=1S/C21H32N2/c1-4-7-10-16-23-21-13-9-8-12-20(21)18-19(11-5-2)14-17-22(23)15-6-3/h5-6,8-9,12-13,19H,2-4,7,10-11,14-18H2,1H3. The highest BCUT2D eigenvalue weighted by atomic mass is 15.6. The average Bonchev–Trinajstić information content (AvgIpc) is 2.55. The number of nitrogens with zero attached hydrogens (tertiary/aromatic N) is 2. The van der Waals surface area contributed by atoms with Gasteiger partial charge in [-0.05, 0) is 43.2 Å². The van der Waals surface area contributed by atoms with Crippen LogP contribution >= 0.6 is 0 Å². The van der Waals surface area contributed by atoms with E-state index in [-0.39, 0.29) is 0 Å². The van der Waals surface area contributed by atoms with E-state index < -0.39 is 0 Å². The molecule has 0 spiro atoms. The Hall–Kier alpha value is -1.54. The van der Waals surface area contributed by atoms with Crippen LogP contribution in [0.4, 0.5) is 5.69 Å². The molecule has 1 heterocycles. The fraction of sp³-hybridized carbons (Fsp3) is 0.524. The van der Waals surface area contributed by atoms with Crippen LogP contribution in [-0.2, 0) is 6.42 Å². The van der Waals surface area contributed by atoms with E-state index in [1.54, 1.807) is 0 Å². The fourth-order valence-electron chi connectivity index (χ4n) is 3.50. The van der Waals surface area contributed by atoms with E-state index in [2.05, 4.69) is 60.4 Å². The van der Waals surface area contributed by atoms with Crippen molar-refractivity contribution in [3.8, 4) is 0 Å². The van der Waals surface area contributed by atoms with Crippen LogP contribution < -0.4 is 5.01 Å². The van der Waals surface area contributed by atoms with Gasteiger partial charge in [-0.1, -0.05) is 50.1 Å². The maximum Gasteiger partial charge on any atom is 0.0554 e. The number of unbranched alkanes of at least 4 members (excludes halogenated alkanes) is 2. The zero-order valence-corrected chi connectivity index (χ0v) is 14.7. The monoisotopic (exact) mass is 312 g/mol. The van der Waals surface area contributed by atoms with Crippen LogP contribution in [0.25, 0.3) is 0 Å². The molecule has 1 atom stereocenters. The summed E-state index contributed by atoms with van der Waals surface area (Å²) in [6.07, 6.45) is 11.4. The number of anilines is 1. The summed E-state index contributed by atoms with van der Waals surface area (Å²) < 4.78 is 0. The zero-order chi connectivity index (χ0) is 16.5. The van der Waals surface area contributed by atoms with Crippen LogP contribution in [-0.4, -0.2) is 24.6 Å². The van der Waals surface area contributed by atoms with E-state index in [1.807, 2.05) is 6.08 Å². The van der Waals surface area contributed by atoms with Crippen molar-refractivity contribution in [1.29, 1.82) is 0 Å². The highest BCUT2D eigenvalue weighted by Gasteiger charge is 2.23. The Morgan fingerprint density at radius 2 is 2.00 bits per heavy atom. The molecule has 2 rings (SSSR count). The lowest BCUT2D eigenvalue weighted by atomic mass is 9.91. The number of hydrogen-bond acceptors (Lipinski definition) is 2. The smallest absolute Gasteiger partial charge is 0.0554 e. The first-order valence-corrected chi connectivity index (χ1v) is 9.12. The van der Waals surface area contributed by atoms with Crippen LogP contribution in [0.5, 0.6) is 0 Å². The summed E-state index contributed by atoms with van der Waals surface area (Å²) in [5.74, 6) is 0.693. The van der Waals surface area contributed by atoms with E-state index in [4.69, 9.17) is 0 Å². The summed E-state index contributed by atoms with van der Waals surface area (Å²) in [6, 6.07) is 8.93. The van der Waals surface area contributed by atoms with Crippen molar-refractivity contribution in [2.24, 2.45) is 5.92 Å². The lowest BCUT2D eigenvalue weighted by Crippen LogP contribution is -2.46. The quantitative estimate of drug-likeness (QED) is 0.479. The van der Waals surface area contributed by atoms with Crippen molar-refractivity contribution in [2.45, 2.75) is 45.4 Å². The van der Waals surface area contributed by atoms with Gasteiger partial charge in [-0.3, -0.25) is 0 Å². The number of para-hydroxylation sites is 1. The predicted octanol–water partition coefficient (Wildman–Crippen LogP) is 5.22. The maximum absolute atomic E-state index is 3.97. The molecule has 0 saturated carbocycles. The lowest BCUT2D eigenvalue weighted by molar-refractivity contribution is 0.241. The van der Waals surface area contributed by atoms with Gasteiger partial charge < -0.3 is 5.01 Å². The molecule has 1 aliphatic heterocycles. The number of hydrazine groups is 1. The highest BCUT2D eigenvalue weighted by molar-refractivity contribution is 5.53. The normalized spacial score (nSPS) is 18.8. The number of fused-ring (bicyclic) bond motifs is 1. The first-order valence-electron chi connectivity index (χ1n) is 9.12. The number of benzene rings is 1. The first-order chi connectivity index (χ1) is 11.3. The summed E-state index contributed by atoms with van der Waals surface area (Å²) in [6.45, 7) is 13.3. The van der Waals surface area contributed by atoms with Crippen LogP contribution in [0.15, 0.2) is 49.6 Å². The molecule has 1 aromatic carbocycles. The van der Waals surface area contributed by atoms with Crippen LogP contribution in [0.3, 0.4) is 0 Å².